The zero-order valence-electron chi connectivity index (χ0n) is 11.6. The van der Waals surface area contributed by atoms with E-state index in [1.54, 1.807) is 0 Å². The average molecular weight is 239 g/mol. The third-order valence-electron chi connectivity index (χ3n) is 4.64. The summed E-state index contributed by atoms with van der Waals surface area (Å²) in [6.45, 7) is 3.42. The molecular weight excluding hydrogens is 210 g/mol. The molecule has 0 saturated heterocycles. The fraction of sp³-hybridized carbons (Fsp3) is 1.00. The number of likely N-dealkylation sites (N-methyl/N-ethyl adjacent to an activating group) is 1. The van der Waals surface area contributed by atoms with Crippen LogP contribution in [0.25, 0.3) is 0 Å². The normalized spacial score (nSPS) is 33.5. The van der Waals surface area contributed by atoms with Gasteiger partial charge in [-0.05, 0) is 51.5 Å². The number of ether oxygens (including phenoxy) is 1. The summed E-state index contributed by atoms with van der Waals surface area (Å²) in [5.74, 6) is 0.918. The molecule has 0 heterocycles. The van der Waals surface area contributed by atoms with E-state index in [1.165, 1.54) is 57.8 Å². The van der Waals surface area contributed by atoms with Crippen LogP contribution >= 0.6 is 0 Å². The van der Waals surface area contributed by atoms with Crippen LogP contribution in [0.5, 0.6) is 0 Å². The van der Waals surface area contributed by atoms with Crippen LogP contribution in [0.15, 0.2) is 0 Å². The molecule has 2 aliphatic rings. The summed E-state index contributed by atoms with van der Waals surface area (Å²) in [5.41, 5.74) is 0.165. The first-order valence-electron chi connectivity index (χ1n) is 7.56. The molecular formula is C15H29NO. The molecule has 2 saturated carbocycles. The molecule has 0 amide bonds. The van der Waals surface area contributed by atoms with E-state index in [-0.39, 0.29) is 5.60 Å². The lowest BCUT2D eigenvalue weighted by atomic mass is 9.83. The van der Waals surface area contributed by atoms with E-state index in [4.69, 9.17) is 4.74 Å². The molecule has 0 aromatic rings. The van der Waals surface area contributed by atoms with Crippen molar-refractivity contribution in [2.75, 3.05) is 13.6 Å². The smallest absolute Gasteiger partial charge is 0.0809 e. The van der Waals surface area contributed by atoms with Gasteiger partial charge in [0.15, 0.2) is 0 Å². The summed E-state index contributed by atoms with van der Waals surface area (Å²) in [4.78, 5) is 0. The highest BCUT2D eigenvalue weighted by Crippen LogP contribution is 2.36. The summed E-state index contributed by atoms with van der Waals surface area (Å²) in [5, 5.41) is 3.35. The van der Waals surface area contributed by atoms with E-state index >= 15 is 0 Å². The van der Waals surface area contributed by atoms with Crippen molar-refractivity contribution in [3.8, 4) is 0 Å². The average Bonchev–Trinajstić information content (AvgIpc) is 2.34. The van der Waals surface area contributed by atoms with Gasteiger partial charge in [-0.2, -0.15) is 0 Å². The Morgan fingerprint density at radius 2 is 1.71 bits per heavy atom. The molecule has 2 rings (SSSR count). The summed E-state index contributed by atoms with van der Waals surface area (Å²) in [6, 6.07) is 0. The fourth-order valence-electron chi connectivity index (χ4n) is 3.56. The Balaban J connectivity index is 1.88. The molecule has 2 aliphatic carbocycles. The highest BCUT2D eigenvalue weighted by Gasteiger charge is 2.35. The van der Waals surface area contributed by atoms with Crippen molar-refractivity contribution in [3.63, 3.8) is 0 Å². The van der Waals surface area contributed by atoms with E-state index in [0.717, 1.165) is 12.5 Å². The lowest BCUT2D eigenvalue weighted by molar-refractivity contribution is -0.124. The summed E-state index contributed by atoms with van der Waals surface area (Å²) in [7, 11) is 2.06. The SMILES string of the molecule is CNCC1(OC2CCC(C)CC2)CCCCC1. The Kier molecular flexibility index (Phi) is 4.87. The van der Waals surface area contributed by atoms with Gasteiger partial charge in [0.2, 0.25) is 0 Å². The fourth-order valence-corrected chi connectivity index (χ4v) is 3.56. The molecule has 0 radical (unpaired) electrons. The highest BCUT2D eigenvalue weighted by molar-refractivity contribution is 4.88. The molecule has 0 bridgehead atoms. The van der Waals surface area contributed by atoms with Gasteiger partial charge in [0, 0.05) is 6.54 Å². The van der Waals surface area contributed by atoms with Gasteiger partial charge in [0.05, 0.1) is 11.7 Å². The Labute approximate surface area is 107 Å². The van der Waals surface area contributed by atoms with Crippen LogP contribution in [0.2, 0.25) is 0 Å². The maximum absolute atomic E-state index is 6.55. The molecule has 0 aromatic heterocycles. The minimum atomic E-state index is 0.165. The molecule has 100 valence electrons. The van der Waals surface area contributed by atoms with Crippen molar-refractivity contribution >= 4 is 0 Å². The third kappa shape index (κ3) is 3.69. The van der Waals surface area contributed by atoms with Crippen molar-refractivity contribution < 1.29 is 4.74 Å². The molecule has 0 atom stereocenters. The van der Waals surface area contributed by atoms with Gasteiger partial charge in [-0.15, -0.1) is 0 Å². The molecule has 2 heteroatoms. The number of rotatable bonds is 4. The van der Waals surface area contributed by atoms with Crippen molar-refractivity contribution in [3.05, 3.63) is 0 Å². The van der Waals surface area contributed by atoms with E-state index in [9.17, 15) is 0 Å². The maximum Gasteiger partial charge on any atom is 0.0809 e. The van der Waals surface area contributed by atoms with Gasteiger partial charge in [-0.3, -0.25) is 0 Å². The van der Waals surface area contributed by atoms with Gasteiger partial charge < -0.3 is 10.1 Å². The standard InChI is InChI=1S/C15H29NO/c1-13-6-8-14(9-7-13)17-15(12-16-2)10-4-3-5-11-15/h13-14,16H,3-12H2,1-2H3. The molecule has 0 unspecified atom stereocenters. The topological polar surface area (TPSA) is 21.3 Å². The van der Waals surface area contributed by atoms with Crippen LogP contribution in [0.1, 0.15) is 64.7 Å². The monoisotopic (exact) mass is 239 g/mol. The van der Waals surface area contributed by atoms with E-state index in [0.29, 0.717) is 6.10 Å². The van der Waals surface area contributed by atoms with Crippen molar-refractivity contribution in [1.29, 1.82) is 0 Å². The second kappa shape index (κ2) is 6.19. The van der Waals surface area contributed by atoms with Crippen molar-refractivity contribution in [2.24, 2.45) is 5.92 Å². The third-order valence-corrected chi connectivity index (χ3v) is 4.64. The van der Waals surface area contributed by atoms with Crippen LogP contribution in [-0.2, 0) is 4.74 Å². The van der Waals surface area contributed by atoms with Crippen LogP contribution in [-0.4, -0.2) is 25.3 Å². The van der Waals surface area contributed by atoms with E-state index in [1.807, 2.05) is 0 Å². The molecule has 0 aliphatic heterocycles. The minimum absolute atomic E-state index is 0.165. The Morgan fingerprint density at radius 1 is 1.06 bits per heavy atom. The van der Waals surface area contributed by atoms with E-state index < -0.39 is 0 Å². The number of hydrogen-bond donors (Lipinski definition) is 1. The summed E-state index contributed by atoms with van der Waals surface area (Å²) >= 11 is 0. The predicted octanol–water partition coefficient (Wildman–Crippen LogP) is 3.50. The van der Waals surface area contributed by atoms with E-state index in [2.05, 4.69) is 19.3 Å². The van der Waals surface area contributed by atoms with Gasteiger partial charge >= 0.3 is 0 Å². The Bertz CT molecular complexity index is 209. The lowest BCUT2D eigenvalue weighted by Gasteiger charge is -2.41. The molecule has 0 aromatic carbocycles. The molecule has 2 fully saturated rings. The zero-order chi connectivity index (χ0) is 12.1. The van der Waals surface area contributed by atoms with Crippen LogP contribution < -0.4 is 5.32 Å². The van der Waals surface area contributed by atoms with Crippen molar-refractivity contribution in [2.45, 2.75) is 76.4 Å². The summed E-state index contributed by atoms with van der Waals surface area (Å²) < 4.78 is 6.55. The van der Waals surface area contributed by atoms with Crippen LogP contribution in [0.3, 0.4) is 0 Å². The maximum atomic E-state index is 6.55. The minimum Gasteiger partial charge on any atom is -0.370 e. The van der Waals surface area contributed by atoms with Gasteiger partial charge in [-0.1, -0.05) is 26.2 Å². The second-order valence-electron chi connectivity index (χ2n) is 6.27. The molecule has 17 heavy (non-hydrogen) atoms. The first kappa shape index (κ1) is 13.4. The lowest BCUT2D eigenvalue weighted by Crippen LogP contribution is -2.46. The van der Waals surface area contributed by atoms with Gasteiger partial charge in [-0.25, -0.2) is 0 Å². The number of nitrogens with one attached hydrogen (secondary N) is 1. The van der Waals surface area contributed by atoms with Crippen LogP contribution in [0, 0.1) is 5.92 Å². The zero-order valence-corrected chi connectivity index (χ0v) is 11.6. The molecule has 0 spiro atoms. The number of hydrogen-bond acceptors (Lipinski definition) is 2. The largest absolute Gasteiger partial charge is 0.370 e. The van der Waals surface area contributed by atoms with Crippen LogP contribution in [0.4, 0.5) is 0 Å². The first-order valence-corrected chi connectivity index (χ1v) is 7.56. The quantitative estimate of drug-likeness (QED) is 0.810. The van der Waals surface area contributed by atoms with Crippen molar-refractivity contribution in [1.82, 2.24) is 5.32 Å². The van der Waals surface area contributed by atoms with Gasteiger partial charge in [0.25, 0.3) is 0 Å². The molecule has 1 N–H and O–H groups in total. The predicted molar refractivity (Wildman–Crippen MR) is 72.2 cm³/mol. The highest BCUT2D eigenvalue weighted by atomic mass is 16.5. The van der Waals surface area contributed by atoms with Gasteiger partial charge in [0.1, 0.15) is 0 Å². The Morgan fingerprint density at radius 3 is 2.29 bits per heavy atom. The molecule has 2 nitrogen and oxygen atoms in total. The summed E-state index contributed by atoms with van der Waals surface area (Å²) in [6.07, 6.45) is 12.5. The first-order chi connectivity index (χ1) is 8.24. The Hall–Kier alpha value is -0.0800. The second-order valence-corrected chi connectivity index (χ2v) is 6.27.